The van der Waals surface area contributed by atoms with Gasteiger partial charge in [0.15, 0.2) is 0 Å². The summed E-state index contributed by atoms with van der Waals surface area (Å²) in [5.41, 5.74) is 1.17. The fourth-order valence-electron chi connectivity index (χ4n) is 1.94. The Labute approximate surface area is 135 Å². The molecule has 2 rings (SSSR count). The first-order valence-corrected chi connectivity index (χ1v) is 6.85. The average molecular weight is 346 g/mol. The highest BCUT2D eigenvalue weighted by Gasteiger charge is 2.16. The van der Waals surface area contributed by atoms with Crippen molar-refractivity contribution in [2.45, 2.75) is 13.2 Å². The molecule has 0 aliphatic heterocycles. The van der Waals surface area contributed by atoms with Gasteiger partial charge in [0.2, 0.25) is 0 Å². The van der Waals surface area contributed by atoms with Crippen LogP contribution in [0.15, 0.2) is 24.4 Å². The molecular formula is C14H14ClF2N3O3. The van der Waals surface area contributed by atoms with Gasteiger partial charge in [-0.3, -0.25) is 9.48 Å². The number of hydrogen-bond acceptors (Lipinski definition) is 4. The number of hydrogen-bond donors (Lipinski definition) is 1. The minimum Gasteiger partial charge on any atom is -0.433 e. The molecule has 1 aromatic carbocycles. The summed E-state index contributed by atoms with van der Waals surface area (Å²) in [5, 5.41) is 6.71. The summed E-state index contributed by atoms with van der Waals surface area (Å²) in [5.74, 6) is -0.579. The zero-order valence-electron chi connectivity index (χ0n) is 12.3. The third kappa shape index (κ3) is 4.40. The lowest BCUT2D eigenvalue weighted by atomic mass is 10.2. The van der Waals surface area contributed by atoms with Gasteiger partial charge in [0.25, 0.3) is 5.91 Å². The quantitative estimate of drug-likeness (QED) is 0.873. The lowest BCUT2D eigenvalue weighted by Crippen LogP contribution is -2.13. The number of alkyl halides is 2. The van der Waals surface area contributed by atoms with E-state index in [1.807, 2.05) is 0 Å². The van der Waals surface area contributed by atoms with E-state index >= 15 is 0 Å². The molecule has 0 bridgehead atoms. The number of aryl methyl sites for hydroxylation is 1. The topological polar surface area (TPSA) is 65.4 Å². The molecule has 0 saturated carbocycles. The number of halogens is 3. The van der Waals surface area contributed by atoms with Crippen LogP contribution in [-0.4, -0.2) is 29.4 Å². The molecule has 0 radical (unpaired) electrons. The van der Waals surface area contributed by atoms with Crippen molar-refractivity contribution in [3.8, 4) is 5.75 Å². The van der Waals surface area contributed by atoms with Crippen molar-refractivity contribution in [1.29, 1.82) is 0 Å². The Morgan fingerprint density at radius 3 is 2.83 bits per heavy atom. The molecule has 1 amide bonds. The minimum absolute atomic E-state index is 0.0357. The predicted molar refractivity (Wildman–Crippen MR) is 80.0 cm³/mol. The number of amides is 1. The number of rotatable bonds is 6. The van der Waals surface area contributed by atoms with E-state index in [0.29, 0.717) is 16.9 Å². The Morgan fingerprint density at radius 1 is 1.48 bits per heavy atom. The van der Waals surface area contributed by atoms with Crippen LogP contribution in [0.3, 0.4) is 0 Å². The van der Waals surface area contributed by atoms with Crippen LogP contribution in [-0.2, 0) is 18.4 Å². The number of methoxy groups -OCH3 is 1. The summed E-state index contributed by atoms with van der Waals surface area (Å²) in [6.07, 6.45) is 1.56. The van der Waals surface area contributed by atoms with E-state index in [1.165, 1.54) is 30.0 Å². The smallest absolute Gasteiger partial charge is 0.387 e. The summed E-state index contributed by atoms with van der Waals surface area (Å²) in [6, 6.07) is 3.99. The number of aromatic nitrogens is 2. The van der Waals surface area contributed by atoms with Gasteiger partial charge < -0.3 is 14.8 Å². The molecule has 9 heteroatoms. The second-order valence-corrected chi connectivity index (χ2v) is 4.98. The van der Waals surface area contributed by atoms with Gasteiger partial charge >= 0.3 is 6.61 Å². The maximum absolute atomic E-state index is 12.3. The van der Waals surface area contributed by atoms with Gasteiger partial charge in [0.05, 0.1) is 17.2 Å². The second-order valence-electron chi connectivity index (χ2n) is 4.57. The van der Waals surface area contributed by atoms with Crippen LogP contribution < -0.4 is 10.1 Å². The van der Waals surface area contributed by atoms with Gasteiger partial charge in [-0.25, -0.2) is 0 Å². The third-order valence-corrected chi connectivity index (χ3v) is 3.13. The first kappa shape index (κ1) is 17.2. The van der Waals surface area contributed by atoms with Crippen LogP contribution in [0.5, 0.6) is 5.75 Å². The molecule has 0 fully saturated rings. The average Bonchev–Trinajstić information content (AvgIpc) is 2.83. The van der Waals surface area contributed by atoms with Crippen molar-refractivity contribution in [3.05, 3.63) is 40.7 Å². The monoisotopic (exact) mass is 345 g/mol. The summed E-state index contributed by atoms with van der Waals surface area (Å²) in [4.78, 5) is 12.3. The minimum atomic E-state index is -2.97. The van der Waals surface area contributed by atoms with Crippen LogP contribution in [0.4, 0.5) is 14.5 Å². The molecule has 1 aromatic heterocycles. The Balaban J connectivity index is 2.16. The molecule has 2 aromatic rings. The van der Waals surface area contributed by atoms with Crippen molar-refractivity contribution in [2.75, 3.05) is 12.4 Å². The molecule has 0 aliphatic rings. The zero-order chi connectivity index (χ0) is 17.0. The Morgan fingerprint density at radius 2 is 2.22 bits per heavy atom. The Bertz CT molecular complexity index is 707. The van der Waals surface area contributed by atoms with Crippen molar-refractivity contribution < 1.29 is 23.0 Å². The van der Waals surface area contributed by atoms with Crippen LogP contribution in [0, 0.1) is 0 Å². The van der Waals surface area contributed by atoms with E-state index in [0.717, 1.165) is 0 Å². The maximum Gasteiger partial charge on any atom is 0.387 e. The van der Waals surface area contributed by atoms with E-state index < -0.39 is 12.5 Å². The zero-order valence-corrected chi connectivity index (χ0v) is 13.1. The molecule has 0 aliphatic carbocycles. The lowest BCUT2D eigenvalue weighted by molar-refractivity contribution is -0.0497. The number of nitrogens with one attached hydrogen (secondary N) is 1. The van der Waals surface area contributed by atoms with E-state index in [-0.39, 0.29) is 17.4 Å². The van der Waals surface area contributed by atoms with Gasteiger partial charge in [-0.2, -0.15) is 13.9 Å². The van der Waals surface area contributed by atoms with Gasteiger partial charge in [-0.1, -0.05) is 11.6 Å². The number of anilines is 1. The first-order chi connectivity index (χ1) is 10.9. The summed E-state index contributed by atoms with van der Waals surface area (Å²) in [6.45, 7) is -2.79. The van der Waals surface area contributed by atoms with E-state index in [1.54, 1.807) is 13.2 Å². The largest absolute Gasteiger partial charge is 0.433 e. The van der Waals surface area contributed by atoms with Gasteiger partial charge in [0.1, 0.15) is 11.4 Å². The summed E-state index contributed by atoms with van der Waals surface area (Å²) < 4.78 is 35.1. The van der Waals surface area contributed by atoms with Gasteiger partial charge in [-0.15, -0.1) is 0 Å². The molecule has 0 unspecified atom stereocenters. The lowest BCUT2D eigenvalue weighted by Gasteiger charge is -2.09. The maximum atomic E-state index is 12.3. The Hall–Kier alpha value is -2.19. The molecule has 23 heavy (non-hydrogen) atoms. The van der Waals surface area contributed by atoms with E-state index in [9.17, 15) is 13.6 Å². The number of ether oxygens (including phenoxy) is 2. The molecule has 1 heterocycles. The highest BCUT2D eigenvalue weighted by Crippen LogP contribution is 2.29. The van der Waals surface area contributed by atoms with Crippen molar-refractivity contribution >= 4 is 23.2 Å². The number of nitrogens with zero attached hydrogens (tertiary/aromatic N) is 2. The first-order valence-electron chi connectivity index (χ1n) is 6.48. The normalized spacial score (nSPS) is 10.9. The van der Waals surface area contributed by atoms with Crippen LogP contribution in [0.25, 0.3) is 0 Å². The number of benzene rings is 1. The molecule has 0 saturated heterocycles. The standard InChI is InChI=1S/C14H14ClF2N3O3/c1-20-6-9(11(19-20)7-22-2)13(21)18-8-3-4-12(10(15)5-8)23-14(16)17/h3-6,14H,7H2,1-2H3,(H,18,21). The van der Waals surface area contributed by atoms with Crippen molar-refractivity contribution in [1.82, 2.24) is 9.78 Å². The van der Waals surface area contributed by atoms with Crippen LogP contribution >= 0.6 is 11.6 Å². The van der Waals surface area contributed by atoms with Gasteiger partial charge in [0, 0.05) is 26.0 Å². The highest BCUT2D eigenvalue weighted by atomic mass is 35.5. The fourth-order valence-corrected chi connectivity index (χ4v) is 2.16. The molecule has 0 atom stereocenters. The molecular weight excluding hydrogens is 332 g/mol. The van der Waals surface area contributed by atoms with E-state index in [4.69, 9.17) is 16.3 Å². The molecule has 124 valence electrons. The van der Waals surface area contributed by atoms with Crippen molar-refractivity contribution in [2.24, 2.45) is 7.05 Å². The van der Waals surface area contributed by atoms with Crippen LogP contribution in [0.1, 0.15) is 16.1 Å². The summed E-state index contributed by atoms with van der Waals surface area (Å²) >= 11 is 5.84. The molecule has 0 spiro atoms. The number of carbonyl (C=O) groups excluding carboxylic acids is 1. The fraction of sp³-hybridized carbons (Fsp3) is 0.286. The SMILES string of the molecule is COCc1nn(C)cc1C(=O)Nc1ccc(OC(F)F)c(Cl)c1. The Kier molecular flexibility index (Phi) is 5.51. The van der Waals surface area contributed by atoms with Crippen LogP contribution in [0.2, 0.25) is 5.02 Å². The van der Waals surface area contributed by atoms with E-state index in [2.05, 4.69) is 15.2 Å². The molecule has 6 nitrogen and oxygen atoms in total. The van der Waals surface area contributed by atoms with Crippen molar-refractivity contribution in [3.63, 3.8) is 0 Å². The predicted octanol–water partition coefficient (Wildman–Crippen LogP) is 3.07. The second kappa shape index (κ2) is 7.38. The molecule has 1 N–H and O–H groups in total. The summed E-state index contributed by atoms with van der Waals surface area (Å²) in [7, 11) is 3.18. The number of carbonyl (C=O) groups is 1. The third-order valence-electron chi connectivity index (χ3n) is 2.84. The highest BCUT2D eigenvalue weighted by molar-refractivity contribution is 6.32. The van der Waals surface area contributed by atoms with Gasteiger partial charge in [-0.05, 0) is 18.2 Å².